The van der Waals surface area contributed by atoms with E-state index in [9.17, 15) is 5.11 Å². The van der Waals surface area contributed by atoms with Crippen LogP contribution in [0.3, 0.4) is 0 Å². The molecule has 1 heterocycles. The average molecular weight is 306 g/mol. The molecule has 21 heavy (non-hydrogen) atoms. The lowest BCUT2D eigenvalue weighted by Gasteiger charge is -2.19. The van der Waals surface area contributed by atoms with Gasteiger partial charge in [0.05, 0.1) is 5.02 Å². The van der Waals surface area contributed by atoms with Gasteiger partial charge in [0.2, 0.25) is 0 Å². The molecule has 2 aromatic carbocycles. The second-order valence-electron chi connectivity index (χ2n) is 4.87. The first-order valence-corrected chi connectivity index (χ1v) is 7.17. The van der Waals surface area contributed by atoms with Crippen molar-refractivity contribution in [1.82, 2.24) is 5.32 Å². The quantitative estimate of drug-likeness (QED) is 0.911. The van der Waals surface area contributed by atoms with Gasteiger partial charge in [-0.1, -0.05) is 23.7 Å². The zero-order valence-corrected chi connectivity index (χ0v) is 12.2. The molecule has 0 aromatic heterocycles. The Labute approximate surface area is 128 Å². The van der Waals surface area contributed by atoms with Crippen LogP contribution in [0.25, 0.3) is 0 Å². The highest BCUT2D eigenvalue weighted by Crippen LogP contribution is 2.30. The van der Waals surface area contributed by atoms with Gasteiger partial charge in [0.25, 0.3) is 0 Å². The number of ether oxygens (including phenoxy) is 2. The third-order valence-electron chi connectivity index (χ3n) is 3.28. The molecule has 0 fully saturated rings. The van der Waals surface area contributed by atoms with Crippen molar-refractivity contribution in [3.63, 3.8) is 0 Å². The van der Waals surface area contributed by atoms with Crippen molar-refractivity contribution in [2.75, 3.05) is 13.2 Å². The smallest absolute Gasteiger partial charge is 0.161 e. The highest BCUT2D eigenvalue weighted by Gasteiger charge is 2.11. The summed E-state index contributed by atoms with van der Waals surface area (Å²) in [6.07, 6.45) is 0. The Morgan fingerprint density at radius 1 is 0.952 bits per heavy atom. The summed E-state index contributed by atoms with van der Waals surface area (Å²) in [4.78, 5) is 0. The van der Waals surface area contributed by atoms with Crippen molar-refractivity contribution in [2.24, 2.45) is 0 Å². The van der Waals surface area contributed by atoms with Gasteiger partial charge in [0, 0.05) is 13.1 Å². The molecule has 0 radical (unpaired) electrons. The second-order valence-corrected chi connectivity index (χ2v) is 5.27. The summed E-state index contributed by atoms with van der Waals surface area (Å²) >= 11 is 5.88. The Hall–Kier alpha value is -1.91. The molecule has 4 nitrogen and oxygen atoms in total. The lowest BCUT2D eigenvalue weighted by molar-refractivity contribution is 0.171. The predicted molar refractivity (Wildman–Crippen MR) is 81.1 cm³/mol. The predicted octanol–water partition coefficient (Wildman–Crippen LogP) is 3.11. The fourth-order valence-electron chi connectivity index (χ4n) is 2.21. The molecule has 0 aliphatic carbocycles. The van der Waals surface area contributed by atoms with E-state index in [2.05, 4.69) is 5.32 Å². The van der Waals surface area contributed by atoms with Gasteiger partial charge in [-0.2, -0.15) is 0 Å². The zero-order valence-electron chi connectivity index (χ0n) is 11.4. The van der Waals surface area contributed by atoms with Gasteiger partial charge in [0.15, 0.2) is 11.5 Å². The van der Waals surface area contributed by atoms with Gasteiger partial charge in [-0.3, -0.25) is 0 Å². The molecule has 0 saturated heterocycles. The molecule has 0 unspecified atom stereocenters. The maximum absolute atomic E-state index is 9.38. The fraction of sp³-hybridized carbons (Fsp3) is 0.250. The van der Waals surface area contributed by atoms with Crippen molar-refractivity contribution >= 4 is 11.6 Å². The molecule has 2 aromatic rings. The Bertz CT molecular complexity index is 645. The van der Waals surface area contributed by atoms with Crippen molar-refractivity contribution in [3.8, 4) is 17.2 Å². The molecule has 2 N–H and O–H groups in total. The average Bonchev–Trinajstić information content (AvgIpc) is 2.51. The summed E-state index contributed by atoms with van der Waals surface area (Å²) in [5.74, 6) is 1.70. The van der Waals surface area contributed by atoms with Gasteiger partial charge >= 0.3 is 0 Å². The second kappa shape index (κ2) is 6.24. The Morgan fingerprint density at radius 3 is 2.38 bits per heavy atom. The van der Waals surface area contributed by atoms with Crippen LogP contribution >= 0.6 is 11.6 Å². The van der Waals surface area contributed by atoms with E-state index in [4.69, 9.17) is 21.1 Å². The van der Waals surface area contributed by atoms with Gasteiger partial charge in [0.1, 0.15) is 19.0 Å². The maximum Gasteiger partial charge on any atom is 0.161 e. The number of aromatic hydroxyl groups is 1. The molecule has 3 rings (SSSR count). The summed E-state index contributed by atoms with van der Waals surface area (Å²) in [6, 6.07) is 11.1. The van der Waals surface area contributed by atoms with Crippen LogP contribution in [0.15, 0.2) is 36.4 Å². The Kier molecular flexibility index (Phi) is 4.18. The van der Waals surface area contributed by atoms with Crippen molar-refractivity contribution in [1.29, 1.82) is 0 Å². The van der Waals surface area contributed by atoms with Gasteiger partial charge < -0.3 is 19.9 Å². The first-order chi connectivity index (χ1) is 10.2. The molecular formula is C16H16ClNO3. The van der Waals surface area contributed by atoms with Gasteiger partial charge in [-0.05, 0) is 35.4 Å². The van der Waals surface area contributed by atoms with E-state index in [0.717, 1.165) is 29.2 Å². The standard InChI is InChI=1S/C16H16ClNO3/c17-13-7-11(1-3-14(13)19)9-18-10-12-2-4-15-16(8-12)21-6-5-20-15/h1-4,7-8,18-19H,5-6,9-10H2. The number of hydrogen-bond acceptors (Lipinski definition) is 4. The van der Waals surface area contributed by atoms with Crippen molar-refractivity contribution < 1.29 is 14.6 Å². The lowest BCUT2D eigenvalue weighted by Crippen LogP contribution is -2.16. The van der Waals surface area contributed by atoms with Gasteiger partial charge in [-0.25, -0.2) is 0 Å². The molecule has 0 bridgehead atoms. The topological polar surface area (TPSA) is 50.7 Å². The van der Waals surface area contributed by atoms with E-state index in [-0.39, 0.29) is 5.75 Å². The SMILES string of the molecule is Oc1ccc(CNCc2ccc3c(c2)OCCO3)cc1Cl. The third-order valence-corrected chi connectivity index (χ3v) is 3.58. The first-order valence-electron chi connectivity index (χ1n) is 6.79. The zero-order chi connectivity index (χ0) is 14.7. The summed E-state index contributed by atoms with van der Waals surface area (Å²) < 4.78 is 11.1. The maximum atomic E-state index is 9.38. The summed E-state index contributed by atoms with van der Waals surface area (Å²) in [5.41, 5.74) is 2.15. The number of benzene rings is 2. The highest BCUT2D eigenvalue weighted by atomic mass is 35.5. The van der Waals surface area contributed by atoms with Crippen LogP contribution in [0, 0.1) is 0 Å². The number of nitrogens with one attached hydrogen (secondary N) is 1. The van der Waals surface area contributed by atoms with E-state index in [1.165, 1.54) is 0 Å². The number of fused-ring (bicyclic) bond motifs is 1. The number of phenols is 1. The highest BCUT2D eigenvalue weighted by molar-refractivity contribution is 6.32. The van der Waals surface area contributed by atoms with Crippen LogP contribution in [0.4, 0.5) is 0 Å². The van der Waals surface area contributed by atoms with Crippen molar-refractivity contribution in [2.45, 2.75) is 13.1 Å². The first kappa shape index (κ1) is 14.0. The normalized spacial score (nSPS) is 13.2. The number of hydrogen-bond donors (Lipinski definition) is 2. The van der Waals surface area contributed by atoms with Crippen LogP contribution in [-0.4, -0.2) is 18.3 Å². The monoisotopic (exact) mass is 305 g/mol. The van der Waals surface area contributed by atoms with E-state index in [0.29, 0.717) is 24.8 Å². The van der Waals surface area contributed by atoms with Crippen LogP contribution < -0.4 is 14.8 Å². The van der Waals surface area contributed by atoms with E-state index in [1.54, 1.807) is 12.1 Å². The largest absolute Gasteiger partial charge is 0.506 e. The Morgan fingerprint density at radius 2 is 1.62 bits per heavy atom. The van der Waals surface area contributed by atoms with Crippen LogP contribution in [0.2, 0.25) is 5.02 Å². The summed E-state index contributed by atoms with van der Waals surface area (Å²) in [7, 11) is 0. The molecule has 0 spiro atoms. The molecule has 5 heteroatoms. The molecule has 1 aliphatic heterocycles. The van der Waals surface area contributed by atoms with Crippen LogP contribution in [-0.2, 0) is 13.1 Å². The van der Waals surface area contributed by atoms with Gasteiger partial charge in [-0.15, -0.1) is 0 Å². The number of rotatable bonds is 4. The minimum absolute atomic E-state index is 0.104. The van der Waals surface area contributed by atoms with E-state index >= 15 is 0 Å². The molecule has 0 amide bonds. The summed E-state index contributed by atoms with van der Waals surface area (Å²) in [6.45, 7) is 2.59. The van der Waals surface area contributed by atoms with E-state index < -0.39 is 0 Å². The lowest BCUT2D eigenvalue weighted by atomic mass is 10.1. The minimum atomic E-state index is 0.104. The molecule has 0 saturated carbocycles. The Balaban J connectivity index is 1.58. The minimum Gasteiger partial charge on any atom is -0.506 e. The third kappa shape index (κ3) is 3.40. The van der Waals surface area contributed by atoms with Crippen LogP contribution in [0.1, 0.15) is 11.1 Å². The number of halogens is 1. The van der Waals surface area contributed by atoms with E-state index in [1.807, 2.05) is 24.3 Å². The summed E-state index contributed by atoms with van der Waals surface area (Å²) in [5, 5.41) is 13.1. The molecular weight excluding hydrogens is 290 g/mol. The number of phenolic OH excluding ortho intramolecular Hbond substituents is 1. The van der Waals surface area contributed by atoms with Crippen LogP contribution in [0.5, 0.6) is 17.2 Å². The molecule has 110 valence electrons. The van der Waals surface area contributed by atoms with Crippen molar-refractivity contribution in [3.05, 3.63) is 52.5 Å². The fourth-order valence-corrected chi connectivity index (χ4v) is 2.41. The molecule has 1 aliphatic rings. The molecule has 0 atom stereocenters.